The number of benzene rings is 2. The molecular formula is C24H25ClN4O3. The van der Waals surface area contributed by atoms with Gasteiger partial charge in [-0.15, -0.1) is 0 Å². The molecule has 1 aliphatic heterocycles. The Morgan fingerprint density at radius 3 is 2.53 bits per heavy atom. The summed E-state index contributed by atoms with van der Waals surface area (Å²) < 4.78 is 6.40. The molecule has 3 aromatic rings. The van der Waals surface area contributed by atoms with E-state index in [1.54, 1.807) is 24.3 Å². The van der Waals surface area contributed by atoms with E-state index in [1.807, 2.05) is 12.1 Å². The third-order valence-corrected chi connectivity index (χ3v) is 5.71. The highest BCUT2D eigenvalue weighted by Gasteiger charge is 2.13. The van der Waals surface area contributed by atoms with Crippen molar-refractivity contribution in [2.75, 3.05) is 30.4 Å². The van der Waals surface area contributed by atoms with Crippen LogP contribution in [-0.2, 0) is 11.3 Å². The van der Waals surface area contributed by atoms with Gasteiger partial charge in [-0.2, -0.15) is 5.10 Å². The number of methoxy groups -OCH3 is 1. The molecule has 2 aromatic carbocycles. The van der Waals surface area contributed by atoms with Crippen LogP contribution in [0.1, 0.15) is 19.3 Å². The molecule has 0 saturated carbocycles. The van der Waals surface area contributed by atoms with Crippen molar-refractivity contribution >= 4 is 28.9 Å². The van der Waals surface area contributed by atoms with Crippen molar-refractivity contribution in [2.24, 2.45) is 0 Å². The van der Waals surface area contributed by atoms with Crippen LogP contribution in [0.25, 0.3) is 11.3 Å². The van der Waals surface area contributed by atoms with Crippen LogP contribution < -0.4 is 20.5 Å². The Morgan fingerprint density at radius 2 is 1.81 bits per heavy atom. The molecule has 0 spiro atoms. The highest BCUT2D eigenvalue weighted by molar-refractivity contribution is 6.31. The van der Waals surface area contributed by atoms with Gasteiger partial charge in [0, 0.05) is 35.4 Å². The number of aromatic nitrogens is 2. The maximum Gasteiger partial charge on any atom is 0.267 e. The Bertz CT molecular complexity index is 1150. The van der Waals surface area contributed by atoms with E-state index < -0.39 is 5.91 Å². The summed E-state index contributed by atoms with van der Waals surface area (Å²) in [6.07, 6.45) is 3.73. The molecule has 0 radical (unpaired) electrons. The van der Waals surface area contributed by atoms with Crippen LogP contribution in [0.2, 0.25) is 5.02 Å². The minimum atomic E-state index is -0.405. The Hall–Kier alpha value is -3.32. The fraction of sp³-hybridized carbons (Fsp3) is 0.292. The van der Waals surface area contributed by atoms with Gasteiger partial charge in [0.2, 0.25) is 5.91 Å². The van der Waals surface area contributed by atoms with Gasteiger partial charge in [-0.25, -0.2) is 4.68 Å². The summed E-state index contributed by atoms with van der Waals surface area (Å²) in [5.74, 6) is 0.0726. The van der Waals surface area contributed by atoms with E-state index in [0.29, 0.717) is 22.2 Å². The molecule has 1 aliphatic rings. The number of halogens is 1. The predicted molar refractivity (Wildman–Crippen MR) is 127 cm³/mol. The lowest BCUT2D eigenvalue weighted by molar-refractivity contribution is -0.117. The zero-order valence-corrected chi connectivity index (χ0v) is 18.6. The van der Waals surface area contributed by atoms with E-state index >= 15 is 0 Å². The van der Waals surface area contributed by atoms with E-state index in [4.69, 9.17) is 16.3 Å². The van der Waals surface area contributed by atoms with Crippen molar-refractivity contribution in [3.63, 3.8) is 0 Å². The van der Waals surface area contributed by atoms with E-state index in [0.717, 1.165) is 23.3 Å². The van der Waals surface area contributed by atoms with Gasteiger partial charge in [0.15, 0.2) is 0 Å². The zero-order chi connectivity index (χ0) is 22.5. The maximum absolute atomic E-state index is 12.6. The van der Waals surface area contributed by atoms with Crippen LogP contribution in [0, 0.1) is 0 Å². The van der Waals surface area contributed by atoms with Crippen LogP contribution in [0.5, 0.6) is 5.75 Å². The Morgan fingerprint density at radius 1 is 1.06 bits per heavy atom. The molecular weight excluding hydrogens is 428 g/mol. The largest absolute Gasteiger partial charge is 0.495 e. The Labute approximate surface area is 191 Å². The number of ether oxygens (including phenoxy) is 1. The van der Waals surface area contributed by atoms with Crippen molar-refractivity contribution < 1.29 is 9.53 Å². The fourth-order valence-corrected chi connectivity index (χ4v) is 3.99. The summed E-state index contributed by atoms with van der Waals surface area (Å²) in [6, 6.07) is 16.2. The molecule has 32 heavy (non-hydrogen) atoms. The summed E-state index contributed by atoms with van der Waals surface area (Å²) in [5, 5.41) is 7.59. The second kappa shape index (κ2) is 9.87. The number of hydrogen-bond donors (Lipinski definition) is 1. The zero-order valence-electron chi connectivity index (χ0n) is 17.9. The number of anilines is 2. The molecule has 4 rings (SSSR count). The van der Waals surface area contributed by atoms with Gasteiger partial charge in [-0.05, 0) is 55.7 Å². The van der Waals surface area contributed by atoms with Gasteiger partial charge < -0.3 is 15.0 Å². The van der Waals surface area contributed by atoms with Gasteiger partial charge >= 0.3 is 0 Å². The number of carbonyl (C=O) groups excluding carboxylic acids is 1. The normalized spacial score (nSPS) is 13.6. The van der Waals surface area contributed by atoms with Crippen molar-refractivity contribution in [1.82, 2.24) is 9.78 Å². The van der Waals surface area contributed by atoms with Crippen molar-refractivity contribution in [1.29, 1.82) is 0 Å². The lowest BCUT2D eigenvalue weighted by Crippen LogP contribution is -2.29. The molecule has 2 heterocycles. The van der Waals surface area contributed by atoms with E-state index in [-0.39, 0.29) is 12.1 Å². The number of rotatable bonds is 6. The topological polar surface area (TPSA) is 76.5 Å². The van der Waals surface area contributed by atoms with Gasteiger partial charge in [0.25, 0.3) is 5.56 Å². The molecule has 0 atom stereocenters. The SMILES string of the molecule is COc1ccc(Cl)cc1NC(=O)Cn1nc(-c2ccc(N3CCCCC3)cc2)ccc1=O. The molecule has 1 fully saturated rings. The van der Waals surface area contributed by atoms with Crippen LogP contribution in [0.4, 0.5) is 11.4 Å². The monoisotopic (exact) mass is 452 g/mol. The van der Waals surface area contributed by atoms with Gasteiger partial charge in [-0.3, -0.25) is 9.59 Å². The van der Waals surface area contributed by atoms with E-state index in [2.05, 4.69) is 27.4 Å². The lowest BCUT2D eigenvalue weighted by atomic mass is 10.1. The molecule has 0 unspecified atom stereocenters. The minimum absolute atomic E-state index is 0.228. The number of carbonyl (C=O) groups is 1. The number of nitrogens with zero attached hydrogens (tertiary/aromatic N) is 3. The van der Waals surface area contributed by atoms with Gasteiger partial charge in [0.05, 0.1) is 18.5 Å². The maximum atomic E-state index is 12.6. The van der Waals surface area contributed by atoms with Crippen LogP contribution in [-0.4, -0.2) is 35.9 Å². The molecule has 1 amide bonds. The number of piperidine rings is 1. The third kappa shape index (κ3) is 5.11. The molecule has 0 aliphatic carbocycles. The van der Waals surface area contributed by atoms with Crippen molar-refractivity contribution in [3.8, 4) is 17.0 Å². The molecule has 0 bridgehead atoms. The molecule has 166 valence electrons. The van der Waals surface area contributed by atoms with Crippen LogP contribution >= 0.6 is 11.6 Å². The quantitative estimate of drug-likeness (QED) is 0.606. The lowest BCUT2D eigenvalue weighted by Gasteiger charge is -2.28. The van der Waals surface area contributed by atoms with E-state index in [9.17, 15) is 9.59 Å². The third-order valence-electron chi connectivity index (χ3n) is 5.48. The Balaban J connectivity index is 1.50. The van der Waals surface area contributed by atoms with Crippen LogP contribution in [0.3, 0.4) is 0 Å². The molecule has 7 nitrogen and oxygen atoms in total. The second-order valence-electron chi connectivity index (χ2n) is 7.70. The molecule has 1 aromatic heterocycles. The second-order valence-corrected chi connectivity index (χ2v) is 8.14. The first-order valence-corrected chi connectivity index (χ1v) is 11.0. The number of nitrogens with one attached hydrogen (secondary N) is 1. The average molecular weight is 453 g/mol. The number of amides is 1. The molecule has 8 heteroatoms. The summed E-state index contributed by atoms with van der Waals surface area (Å²) in [7, 11) is 1.50. The summed E-state index contributed by atoms with van der Waals surface area (Å²) in [6.45, 7) is 1.93. The highest BCUT2D eigenvalue weighted by Crippen LogP contribution is 2.28. The molecule has 1 saturated heterocycles. The van der Waals surface area contributed by atoms with Crippen LogP contribution in [0.15, 0.2) is 59.4 Å². The highest BCUT2D eigenvalue weighted by atomic mass is 35.5. The smallest absolute Gasteiger partial charge is 0.267 e. The average Bonchev–Trinajstić information content (AvgIpc) is 2.81. The van der Waals surface area contributed by atoms with Crippen molar-refractivity contribution in [2.45, 2.75) is 25.8 Å². The first-order chi connectivity index (χ1) is 15.5. The summed E-state index contributed by atoms with van der Waals surface area (Å²) in [4.78, 5) is 27.2. The fourth-order valence-electron chi connectivity index (χ4n) is 3.81. The summed E-state index contributed by atoms with van der Waals surface area (Å²) in [5.41, 5.74) is 2.78. The predicted octanol–water partition coefficient (Wildman–Crippen LogP) is 4.20. The van der Waals surface area contributed by atoms with Crippen molar-refractivity contribution in [3.05, 3.63) is 70.0 Å². The Kier molecular flexibility index (Phi) is 6.75. The minimum Gasteiger partial charge on any atom is -0.495 e. The summed E-state index contributed by atoms with van der Waals surface area (Å²) >= 11 is 6.01. The first-order valence-electron chi connectivity index (χ1n) is 10.6. The number of hydrogen-bond acceptors (Lipinski definition) is 5. The van der Waals surface area contributed by atoms with Gasteiger partial charge in [0.1, 0.15) is 12.3 Å². The standard InChI is InChI=1S/C24H25ClN4O3/c1-32-22-11-7-18(25)15-21(22)26-23(30)16-29-24(31)12-10-20(27-29)17-5-8-19(9-6-17)28-13-3-2-4-14-28/h5-12,15H,2-4,13-14,16H2,1H3,(H,26,30). The van der Waals surface area contributed by atoms with Gasteiger partial charge in [-0.1, -0.05) is 23.7 Å². The van der Waals surface area contributed by atoms with E-state index in [1.165, 1.54) is 38.1 Å². The first kappa shape index (κ1) is 21.9. The molecule has 1 N–H and O–H groups in total.